The molecule has 10 heteroatoms. The van der Waals surface area contributed by atoms with Gasteiger partial charge in [0.05, 0.1) is 24.4 Å². The van der Waals surface area contributed by atoms with Crippen molar-refractivity contribution in [1.82, 2.24) is 0 Å². The van der Waals surface area contributed by atoms with E-state index in [1.807, 2.05) is 13.8 Å². The summed E-state index contributed by atoms with van der Waals surface area (Å²) in [6.07, 6.45) is 34.2. The van der Waals surface area contributed by atoms with Crippen LogP contribution < -0.4 is 0 Å². The van der Waals surface area contributed by atoms with Crippen LogP contribution in [0.1, 0.15) is 265 Å². The highest BCUT2D eigenvalue weighted by atomic mass is 16.6. The molecule has 0 aliphatic heterocycles. The Bertz CT molecular complexity index is 1020. The molecule has 0 aliphatic rings. The van der Waals surface area contributed by atoms with Gasteiger partial charge >= 0.3 is 17.9 Å². The van der Waals surface area contributed by atoms with Gasteiger partial charge in [-0.15, -0.1) is 0 Å². The lowest BCUT2D eigenvalue weighted by Crippen LogP contribution is -2.32. The van der Waals surface area contributed by atoms with E-state index >= 15 is 0 Å². The second kappa shape index (κ2) is 45.4. The number of aliphatic hydroxyl groups excluding tert-OH is 3. The number of ether oxygens (including phenoxy) is 4. The summed E-state index contributed by atoms with van der Waals surface area (Å²) in [5.74, 6) is -0.839. The van der Waals surface area contributed by atoms with Crippen molar-refractivity contribution in [2.75, 3.05) is 20.3 Å². The summed E-state index contributed by atoms with van der Waals surface area (Å²) in [4.78, 5) is 38.1. The molecule has 10 nitrogen and oxygen atoms in total. The Kier molecular flexibility index (Phi) is 44.1. The van der Waals surface area contributed by atoms with Crippen LogP contribution in [0.5, 0.6) is 0 Å². The Balaban J connectivity index is 4.51. The molecule has 0 fully saturated rings. The number of hydrogen-bond acceptors (Lipinski definition) is 10. The van der Waals surface area contributed by atoms with Gasteiger partial charge in [0.25, 0.3) is 0 Å². The molecule has 0 radical (unpaired) electrons. The van der Waals surface area contributed by atoms with Gasteiger partial charge in [0.1, 0.15) is 13.2 Å². The SMILES string of the molecule is CCCCCCCCCCCCCCCCCC(=O)OC(COC(=O)CCCCCCCC(O)C(O)CCCCCCCC)COC(=O)CCCCCCCC(O)C(OC)C(C)C. The minimum Gasteiger partial charge on any atom is -0.462 e. The first-order valence-electron chi connectivity index (χ1n) is 26.6. The summed E-state index contributed by atoms with van der Waals surface area (Å²) in [5, 5.41) is 31.0. The van der Waals surface area contributed by atoms with Crippen molar-refractivity contribution in [2.24, 2.45) is 5.92 Å². The summed E-state index contributed by atoms with van der Waals surface area (Å²) in [5.41, 5.74) is 0. The molecule has 0 rings (SSSR count). The van der Waals surface area contributed by atoms with Crippen LogP contribution in [0.25, 0.3) is 0 Å². The van der Waals surface area contributed by atoms with E-state index in [-0.39, 0.29) is 62.4 Å². The molecular formula is C53H102O10. The largest absolute Gasteiger partial charge is 0.462 e. The Morgan fingerprint density at radius 2 is 0.683 bits per heavy atom. The van der Waals surface area contributed by atoms with Crippen LogP contribution in [-0.2, 0) is 33.3 Å². The van der Waals surface area contributed by atoms with E-state index in [1.54, 1.807) is 7.11 Å². The summed E-state index contributed by atoms with van der Waals surface area (Å²) >= 11 is 0. The predicted molar refractivity (Wildman–Crippen MR) is 258 cm³/mol. The maximum Gasteiger partial charge on any atom is 0.306 e. The molecule has 0 aliphatic carbocycles. The number of rotatable bonds is 48. The van der Waals surface area contributed by atoms with Gasteiger partial charge in [-0.1, -0.05) is 207 Å². The van der Waals surface area contributed by atoms with Gasteiger partial charge in [-0.25, -0.2) is 0 Å². The second-order valence-electron chi connectivity index (χ2n) is 19.0. The standard InChI is InChI=1S/C53H102O10/c1-6-8-10-12-14-15-16-17-18-19-20-21-22-28-36-42-52(59)63-46(44-62-51(58)41-35-30-24-27-33-39-49(56)53(60-5)45(3)4)43-61-50(57)40-34-29-23-26-32-38-48(55)47(54)37-31-25-13-11-9-7-2/h45-49,53-56H,6-44H2,1-5H3. The molecule has 0 saturated heterocycles. The third-order valence-electron chi connectivity index (χ3n) is 12.5. The van der Waals surface area contributed by atoms with Gasteiger partial charge in [0, 0.05) is 26.4 Å². The van der Waals surface area contributed by atoms with Crippen LogP contribution in [-0.4, -0.2) is 84.1 Å². The first kappa shape index (κ1) is 61.2. The Hall–Kier alpha value is -1.75. The van der Waals surface area contributed by atoms with Crippen LogP contribution in [0, 0.1) is 5.92 Å². The molecular weight excluding hydrogens is 797 g/mol. The lowest BCUT2D eigenvalue weighted by Gasteiger charge is -2.24. The van der Waals surface area contributed by atoms with Crippen LogP contribution in [0.2, 0.25) is 0 Å². The topological polar surface area (TPSA) is 149 Å². The highest BCUT2D eigenvalue weighted by molar-refractivity contribution is 5.71. The van der Waals surface area contributed by atoms with E-state index in [9.17, 15) is 29.7 Å². The van der Waals surface area contributed by atoms with E-state index in [1.165, 1.54) is 103 Å². The molecule has 63 heavy (non-hydrogen) atoms. The maximum absolute atomic E-state index is 12.8. The van der Waals surface area contributed by atoms with Crippen LogP contribution in [0.4, 0.5) is 0 Å². The maximum atomic E-state index is 12.8. The summed E-state index contributed by atoms with van der Waals surface area (Å²) in [7, 11) is 1.64. The minimum absolute atomic E-state index is 0.148. The van der Waals surface area contributed by atoms with Crippen LogP contribution in [0.3, 0.4) is 0 Å². The van der Waals surface area contributed by atoms with Crippen molar-refractivity contribution in [3.63, 3.8) is 0 Å². The van der Waals surface area contributed by atoms with Crippen molar-refractivity contribution in [3.05, 3.63) is 0 Å². The number of carbonyl (C=O) groups is 3. The third-order valence-corrected chi connectivity index (χ3v) is 12.5. The zero-order valence-electron chi connectivity index (χ0n) is 41.7. The quantitative estimate of drug-likeness (QED) is 0.0306. The average molecular weight is 899 g/mol. The van der Waals surface area contributed by atoms with Crippen molar-refractivity contribution in [3.8, 4) is 0 Å². The zero-order valence-corrected chi connectivity index (χ0v) is 41.7. The summed E-state index contributed by atoms with van der Waals surface area (Å²) < 4.78 is 22.1. The van der Waals surface area contributed by atoms with Gasteiger partial charge in [-0.05, 0) is 44.4 Å². The molecule has 3 N–H and O–H groups in total. The lowest BCUT2D eigenvalue weighted by atomic mass is 9.97. The first-order chi connectivity index (χ1) is 30.5. The average Bonchev–Trinajstić information content (AvgIpc) is 3.26. The van der Waals surface area contributed by atoms with E-state index in [0.717, 1.165) is 83.5 Å². The van der Waals surface area contributed by atoms with Gasteiger partial charge < -0.3 is 34.3 Å². The molecule has 0 heterocycles. The number of unbranched alkanes of at least 4 members (excludes halogenated alkanes) is 27. The second-order valence-corrected chi connectivity index (χ2v) is 19.0. The van der Waals surface area contributed by atoms with Crippen LogP contribution >= 0.6 is 0 Å². The predicted octanol–water partition coefficient (Wildman–Crippen LogP) is 13.2. The lowest BCUT2D eigenvalue weighted by molar-refractivity contribution is -0.167. The summed E-state index contributed by atoms with van der Waals surface area (Å²) in [6.45, 7) is 8.25. The van der Waals surface area contributed by atoms with Crippen molar-refractivity contribution >= 4 is 17.9 Å². The van der Waals surface area contributed by atoms with Gasteiger partial charge in [0.15, 0.2) is 6.10 Å². The van der Waals surface area contributed by atoms with E-state index in [2.05, 4.69) is 13.8 Å². The van der Waals surface area contributed by atoms with Crippen LogP contribution in [0.15, 0.2) is 0 Å². The molecule has 0 amide bonds. The molecule has 0 aromatic carbocycles. The molecule has 0 aromatic heterocycles. The minimum atomic E-state index is -0.849. The van der Waals surface area contributed by atoms with Crippen molar-refractivity contribution in [1.29, 1.82) is 0 Å². The van der Waals surface area contributed by atoms with E-state index < -0.39 is 24.4 Å². The van der Waals surface area contributed by atoms with Gasteiger partial charge in [-0.3, -0.25) is 14.4 Å². The van der Waals surface area contributed by atoms with E-state index in [4.69, 9.17) is 18.9 Å². The number of hydrogen-bond donors (Lipinski definition) is 3. The van der Waals surface area contributed by atoms with Gasteiger partial charge in [-0.2, -0.15) is 0 Å². The Labute approximate surface area is 387 Å². The third kappa shape index (κ3) is 40.3. The molecule has 5 atom stereocenters. The fraction of sp³-hybridized carbons (Fsp3) is 0.943. The smallest absolute Gasteiger partial charge is 0.306 e. The fourth-order valence-corrected chi connectivity index (χ4v) is 8.38. The number of aliphatic hydroxyl groups is 3. The monoisotopic (exact) mass is 899 g/mol. The Morgan fingerprint density at radius 1 is 0.397 bits per heavy atom. The number of methoxy groups -OCH3 is 1. The van der Waals surface area contributed by atoms with Crippen molar-refractivity contribution in [2.45, 2.75) is 296 Å². The zero-order chi connectivity index (χ0) is 46.6. The first-order valence-corrected chi connectivity index (χ1v) is 26.6. The molecule has 0 aromatic rings. The molecule has 374 valence electrons. The Morgan fingerprint density at radius 3 is 1.00 bits per heavy atom. The highest BCUT2D eigenvalue weighted by Crippen LogP contribution is 2.19. The fourth-order valence-electron chi connectivity index (χ4n) is 8.38. The molecule has 5 unspecified atom stereocenters. The normalized spacial score (nSPS) is 14.0. The molecule has 0 saturated carbocycles. The molecule has 0 bridgehead atoms. The molecule has 0 spiro atoms. The van der Waals surface area contributed by atoms with Crippen molar-refractivity contribution < 1.29 is 48.7 Å². The number of carbonyl (C=O) groups excluding carboxylic acids is 3. The number of esters is 3. The highest BCUT2D eigenvalue weighted by Gasteiger charge is 2.22. The summed E-state index contributed by atoms with van der Waals surface area (Å²) in [6, 6.07) is 0. The van der Waals surface area contributed by atoms with E-state index in [0.29, 0.717) is 32.1 Å². The van der Waals surface area contributed by atoms with Gasteiger partial charge in [0.2, 0.25) is 0 Å².